The van der Waals surface area contributed by atoms with Crippen molar-refractivity contribution >= 4 is 0 Å². The minimum Gasteiger partial charge on any atom is -0.378 e. The van der Waals surface area contributed by atoms with Crippen LogP contribution in [0.15, 0.2) is 0 Å². The summed E-state index contributed by atoms with van der Waals surface area (Å²) in [6, 6.07) is 0.855. The number of hydrogen-bond acceptors (Lipinski definition) is 5. The van der Waals surface area contributed by atoms with E-state index < -0.39 is 0 Å². The van der Waals surface area contributed by atoms with E-state index in [0.717, 1.165) is 32.5 Å². The van der Waals surface area contributed by atoms with Gasteiger partial charge in [-0.1, -0.05) is 0 Å². The molecule has 0 bridgehead atoms. The van der Waals surface area contributed by atoms with E-state index in [9.17, 15) is 0 Å². The van der Waals surface area contributed by atoms with Gasteiger partial charge in [0.25, 0.3) is 0 Å². The molecule has 0 radical (unpaired) electrons. The van der Waals surface area contributed by atoms with Crippen LogP contribution >= 0.6 is 0 Å². The fourth-order valence-electron chi connectivity index (χ4n) is 3.36. The van der Waals surface area contributed by atoms with Crippen molar-refractivity contribution in [1.29, 1.82) is 0 Å². The van der Waals surface area contributed by atoms with E-state index in [1.807, 2.05) is 0 Å². The normalized spacial score (nSPS) is 32.4. The Labute approximate surface area is 117 Å². The molecule has 2 saturated heterocycles. The van der Waals surface area contributed by atoms with E-state index in [-0.39, 0.29) is 0 Å². The molecule has 0 saturated carbocycles. The lowest BCUT2D eigenvalue weighted by Gasteiger charge is -2.34. The maximum absolute atomic E-state index is 5.81. The molecule has 2 heterocycles. The van der Waals surface area contributed by atoms with E-state index in [2.05, 4.69) is 29.3 Å². The van der Waals surface area contributed by atoms with Crippen LogP contribution in [0.2, 0.25) is 0 Å². The molecule has 2 fully saturated rings. The van der Waals surface area contributed by atoms with Gasteiger partial charge < -0.3 is 14.5 Å². The van der Waals surface area contributed by atoms with Gasteiger partial charge in [-0.2, -0.15) is 0 Å². The fourth-order valence-corrected chi connectivity index (χ4v) is 3.36. The van der Waals surface area contributed by atoms with Crippen LogP contribution in [-0.4, -0.2) is 68.3 Å². The quantitative estimate of drug-likeness (QED) is 0.560. The second-order valence-corrected chi connectivity index (χ2v) is 6.15. The second kappa shape index (κ2) is 7.55. The van der Waals surface area contributed by atoms with Crippen molar-refractivity contribution in [2.75, 3.05) is 40.3 Å². The summed E-state index contributed by atoms with van der Waals surface area (Å²) >= 11 is 0. The van der Waals surface area contributed by atoms with Crippen LogP contribution < -0.4 is 11.3 Å². The maximum atomic E-state index is 5.81. The van der Waals surface area contributed by atoms with Gasteiger partial charge in [-0.05, 0) is 59.3 Å². The first kappa shape index (κ1) is 15.2. The van der Waals surface area contributed by atoms with Crippen molar-refractivity contribution in [2.45, 2.75) is 50.3 Å². The molecule has 3 N–H and O–H groups in total. The predicted molar refractivity (Wildman–Crippen MR) is 77.9 cm³/mol. The van der Waals surface area contributed by atoms with Crippen molar-refractivity contribution in [3.63, 3.8) is 0 Å². The molecule has 2 rings (SSSR count). The Hall–Kier alpha value is -0.200. The Morgan fingerprint density at radius 1 is 1.32 bits per heavy atom. The van der Waals surface area contributed by atoms with Crippen LogP contribution in [-0.2, 0) is 4.74 Å². The smallest absolute Gasteiger partial charge is 0.0576 e. The number of nitrogens with zero attached hydrogens (tertiary/aromatic N) is 2. The number of rotatable bonds is 5. The highest BCUT2D eigenvalue weighted by atomic mass is 16.5. The summed E-state index contributed by atoms with van der Waals surface area (Å²) in [4.78, 5) is 4.88. The number of nitrogens with one attached hydrogen (secondary N) is 1. The Kier molecular flexibility index (Phi) is 6.04. The fraction of sp³-hybridized carbons (Fsp3) is 1.00. The third-order valence-electron chi connectivity index (χ3n) is 4.62. The SMILES string of the molecule is CN1CCCN(C)C(C(CCC2CCCO2)NN)C1. The molecule has 2 aliphatic rings. The Bertz CT molecular complexity index is 258. The van der Waals surface area contributed by atoms with Gasteiger partial charge in [-0.25, -0.2) is 0 Å². The molecule has 3 unspecified atom stereocenters. The van der Waals surface area contributed by atoms with Crippen molar-refractivity contribution in [3.8, 4) is 0 Å². The molecule has 5 heteroatoms. The monoisotopic (exact) mass is 270 g/mol. The van der Waals surface area contributed by atoms with Crippen molar-refractivity contribution in [1.82, 2.24) is 15.2 Å². The highest BCUT2D eigenvalue weighted by molar-refractivity contribution is 4.87. The number of nitrogens with two attached hydrogens (primary N) is 1. The molecule has 112 valence electrons. The summed E-state index contributed by atoms with van der Waals surface area (Å²) < 4.78 is 5.72. The standard InChI is InChI=1S/C14H30N4O/c1-17-8-4-9-18(2)14(11-17)13(16-15)7-6-12-5-3-10-19-12/h12-14,16H,3-11,15H2,1-2H3. The molecule has 2 aliphatic heterocycles. The third-order valence-corrected chi connectivity index (χ3v) is 4.62. The van der Waals surface area contributed by atoms with Crippen LogP contribution in [0.4, 0.5) is 0 Å². The van der Waals surface area contributed by atoms with Crippen LogP contribution in [0.1, 0.15) is 32.1 Å². The van der Waals surface area contributed by atoms with E-state index in [4.69, 9.17) is 10.6 Å². The zero-order valence-electron chi connectivity index (χ0n) is 12.5. The molecule has 3 atom stereocenters. The van der Waals surface area contributed by atoms with Gasteiger partial charge in [-0.15, -0.1) is 0 Å². The summed E-state index contributed by atoms with van der Waals surface area (Å²) in [5.74, 6) is 5.81. The minimum absolute atomic E-state index is 0.356. The number of hydrazine groups is 1. The molecule has 0 amide bonds. The summed E-state index contributed by atoms with van der Waals surface area (Å²) in [5.41, 5.74) is 3.05. The van der Waals surface area contributed by atoms with Gasteiger partial charge in [0.1, 0.15) is 0 Å². The average Bonchev–Trinajstić information content (AvgIpc) is 2.85. The molecule has 0 aromatic heterocycles. The van der Waals surface area contributed by atoms with Gasteiger partial charge in [0.05, 0.1) is 6.10 Å². The number of hydrogen-bond donors (Lipinski definition) is 2. The molecule has 19 heavy (non-hydrogen) atoms. The Morgan fingerprint density at radius 3 is 2.84 bits per heavy atom. The molecule has 5 nitrogen and oxygen atoms in total. The summed E-state index contributed by atoms with van der Waals surface area (Å²) in [6.45, 7) is 4.38. The Balaban J connectivity index is 1.86. The Morgan fingerprint density at radius 2 is 2.16 bits per heavy atom. The molecule has 0 aromatic carbocycles. The molecular formula is C14H30N4O. The first-order chi connectivity index (χ1) is 9.20. The summed E-state index contributed by atoms with van der Waals surface area (Å²) in [7, 11) is 4.43. The van der Waals surface area contributed by atoms with Gasteiger partial charge in [0, 0.05) is 25.2 Å². The number of likely N-dealkylation sites (N-methyl/N-ethyl adjacent to an activating group) is 2. The van der Waals surface area contributed by atoms with Crippen molar-refractivity contribution in [3.05, 3.63) is 0 Å². The third kappa shape index (κ3) is 4.39. The van der Waals surface area contributed by atoms with Gasteiger partial charge in [0.2, 0.25) is 0 Å². The largest absolute Gasteiger partial charge is 0.378 e. The highest BCUT2D eigenvalue weighted by Crippen LogP contribution is 2.20. The van der Waals surface area contributed by atoms with Gasteiger partial charge in [0.15, 0.2) is 0 Å². The van der Waals surface area contributed by atoms with E-state index in [1.54, 1.807) is 0 Å². The van der Waals surface area contributed by atoms with Crippen molar-refractivity contribution < 1.29 is 4.74 Å². The van der Waals surface area contributed by atoms with Crippen LogP contribution in [0.3, 0.4) is 0 Å². The summed E-state index contributed by atoms with van der Waals surface area (Å²) in [5, 5.41) is 0. The molecule has 0 spiro atoms. The van der Waals surface area contributed by atoms with E-state index in [0.29, 0.717) is 18.2 Å². The molecule has 0 aliphatic carbocycles. The first-order valence-electron chi connectivity index (χ1n) is 7.67. The molecule has 0 aromatic rings. The van der Waals surface area contributed by atoms with Crippen LogP contribution in [0.25, 0.3) is 0 Å². The first-order valence-corrected chi connectivity index (χ1v) is 7.67. The number of ether oxygens (including phenoxy) is 1. The van der Waals surface area contributed by atoms with Crippen molar-refractivity contribution in [2.24, 2.45) is 5.84 Å². The van der Waals surface area contributed by atoms with Gasteiger partial charge >= 0.3 is 0 Å². The molecular weight excluding hydrogens is 240 g/mol. The lowest BCUT2D eigenvalue weighted by Crippen LogP contribution is -2.54. The summed E-state index contributed by atoms with van der Waals surface area (Å²) in [6.07, 6.45) is 6.37. The zero-order chi connectivity index (χ0) is 13.7. The lowest BCUT2D eigenvalue weighted by atomic mass is 9.99. The zero-order valence-corrected chi connectivity index (χ0v) is 12.5. The topological polar surface area (TPSA) is 53.8 Å². The van der Waals surface area contributed by atoms with Gasteiger partial charge in [-0.3, -0.25) is 11.3 Å². The average molecular weight is 270 g/mol. The maximum Gasteiger partial charge on any atom is 0.0576 e. The van der Waals surface area contributed by atoms with E-state index >= 15 is 0 Å². The van der Waals surface area contributed by atoms with Crippen LogP contribution in [0.5, 0.6) is 0 Å². The minimum atomic E-state index is 0.356. The van der Waals surface area contributed by atoms with E-state index in [1.165, 1.54) is 25.8 Å². The highest BCUT2D eigenvalue weighted by Gasteiger charge is 2.28. The lowest BCUT2D eigenvalue weighted by molar-refractivity contribution is 0.0920. The van der Waals surface area contributed by atoms with Crippen LogP contribution in [0, 0.1) is 0 Å². The second-order valence-electron chi connectivity index (χ2n) is 6.15. The predicted octanol–water partition coefficient (Wildman–Crippen LogP) is 0.413.